The smallest absolute Gasteiger partial charge is 0.308 e. The molecule has 2 amide bonds. The Labute approximate surface area is 160 Å². The summed E-state index contributed by atoms with van der Waals surface area (Å²) >= 11 is 0. The Kier molecular flexibility index (Phi) is 5.21. The van der Waals surface area contributed by atoms with Gasteiger partial charge in [-0.3, -0.25) is 29.4 Å². The number of hydrogen-bond acceptors (Lipinski definition) is 6. The third-order valence-corrected chi connectivity index (χ3v) is 5.33. The number of non-ortho nitro benzene ring substituents is 1. The normalized spacial score (nSPS) is 24.1. The maximum Gasteiger partial charge on any atom is 0.308 e. The summed E-state index contributed by atoms with van der Waals surface area (Å²) in [4.78, 5) is 48.0. The SMILES string of the molecule is CC1(NC(=O)CN2C(=O)COc3ccc([N+](=O)[O-])cc32)CCCCC1C(=O)O. The minimum atomic E-state index is -0.967. The van der Waals surface area contributed by atoms with E-state index in [1.165, 1.54) is 18.2 Å². The van der Waals surface area contributed by atoms with Crippen molar-refractivity contribution in [3.05, 3.63) is 28.3 Å². The Bertz CT molecular complexity index is 840. The molecule has 1 aliphatic heterocycles. The first-order chi connectivity index (χ1) is 13.2. The zero-order chi connectivity index (χ0) is 20.5. The van der Waals surface area contributed by atoms with Crippen LogP contribution in [0.15, 0.2) is 18.2 Å². The molecule has 2 atom stereocenters. The number of nitrogens with zero attached hydrogens (tertiary/aromatic N) is 2. The van der Waals surface area contributed by atoms with Crippen LogP contribution in [-0.4, -0.2) is 46.5 Å². The Morgan fingerprint density at radius 2 is 2.18 bits per heavy atom. The van der Waals surface area contributed by atoms with Gasteiger partial charge < -0.3 is 15.2 Å². The third-order valence-electron chi connectivity index (χ3n) is 5.33. The van der Waals surface area contributed by atoms with E-state index in [1.807, 2.05) is 0 Å². The molecule has 2 aliphatic rings. The number of rotatable bonds is 5. The van der Waals surface area contributed by atoms with E-state index >= 15 is 0 Å². The van der Waals surface area contributed by atoms with E-state index in [9.17, 15) is 29.6 Å². The predicted molar refractivity (Wildman–Crippen MR) is 97.1 cm³/mol. The molecule has 0 saturated heterocycles. The number of anilines is 1. The molecule has 150 valence electrons. The van der Waals surface area contributed by atoms with Gasteiger partial charge in [0.1, 0.15) is 12.3 Å². The van der Waals surface area contributed by atoms with Gasteiger partial charge >= 0.3 is 5.97 Å². The molecular formula is C18H21N3O7. The summed E-state index contributed by atoms with van der Waals surface area (Å²) in [5.74, 6) is -2.44. The van der Waals surface area contributed by atoms with Crippen LogP contribution in [0.1, 0.15) is 32.6 Å². The molecular weight excluding hydrogens is 370 g/mol. The van der Waals surface area contributed by atoms with E-state index < -0.39 is 34.2 Å². The lowest BCUT2D eigenvalue weighted by Gasteiger charge is -2.40. The van der Waals surface area contributed by atoms with Crippen LogP contribution in [0.2, 0.25) is 0 Å². The summed E-state index contributed by atoms with van der Waals surface area (Å²) in [5, 5.41) is 23.3. The fraction of sp³-hybridized carbons (Fsp3) is 0.500. The summed E-state index contributed by atoms with van der Waals surface area (Å²) in [6.07, 6.45) is 2.57. The number of aliphatic carboxylic acids is 1. The van der Waals surface area contributed by atoms with Gasteiger partial charge in [0, 0.05) is 12.1 Å². The van der Waals surface area contributed by atoms with Crippen molar-refractivity contribution in [1.29, 1.82) is 0 Å². The van der Waals surface area contributed by atoms with Gasteiger partial charge in [-0.25, -0.2) is 0 Å². The molecule has 1 aliphatic carbocycles. The topological polar surface area (TPSA) is 139 Å². The van der Waals surface area contributed by atoms with Gasteiger partial charge in [0.15, 0.2) is 6.61 Å². The number of nitro groups is 1. The van der Waals surface area contributed by atoms with Crippen LogP contribution in [0.25, 0.3) is 0 Å². The minimum absolute atomic E-state index is 0.143. The molecule has 1 aromatic carbocycles. The molecule has 0 spiro atoms. The summed E-state index contributed by atoms with van der Waals surface area (Å²) in [6, 6.07) is 3.82. The van der Waals surface area contributed by atoms with Crippen molar-refractivity contribution < 1.29 is 29.2 Å². The maximum atomic E-state index is 12.7. The zero-order valence-corrected chi connectivity index (χ0v) is 15.3. The number of benzene rings is 1. The molecule has 0 aromatic heterocycles. The molecule has 1 saturated carbocycles. The summed E-state index contributed by atoms with van der Waals surface area (Å²) < 4.78 is 5.28. The number of carbonyl (C=O) groups excluding carboxylic acids is 2. The van der Waals surface area contributed by atoms with Crippen molar-refractivity contribution in [3.63, 3.8) is 0 Å². The number of fused-ring (bicyclic) bond motifs is 1. The zero-order valence-electron chi connectivity index (χ0n) is 15.3. The van der Waals surface area contributed by atoms with Gasteiger partial charge in [-0.05, 0) is 25.8 Å². The average Bonchev–Trinajstić information content (AvgIpc) is 2.63. The van der Waals surface area contributed by atoms with E-state index in [-0.39, 0.29) is 30.3 Å². The number of carboxylic acids is 1. The standard InChI is InChI=1S/C18H21N3O7/c1-18(7-3-2-4-12(18)17(24)25)19-15(22)9-20-13-8-11(21(26)27)5-6-14(13)28-10-16(20)23/h5-6,8,12H,2-4,7,9-10H2,1H3,(H,19,22)(H,24,25). The quantitative estimate of drug-likeness (QED) is 0.572. The second-order valence-electron chi connectivity index (χ2n) is 7.28. The van der Waals surface area contributed by atoms with Crippen LogP contribution in [0.5, 0.6) is 5.75 Å². The first-order valence-electron chi connectivity index (χ1n) is 8.97. The summed E-state index contributed by atoms with van der Waals surface area (Å²) in [7, 11) is 0. The molecule has 1 aromatic rings. The molecule has 2 N–H and O–H groups in total. The van der Waals surface area contributed by atoms with E-state index in [4.69, 9.17) is 4.74 Å². The van der Waals surface area contributed by atoms with E-state index in [1.54, 1.807) is 6.92 Å². The number of carboxylic acid groups (broad SMARTS) is 1. The number of carbonyl (C=O) groups is 3. The van der Waals surface area contributed by atoms with E-state index in [0.717, 1.165) is 17.7 Å². The Morgan fingerprint density at radius 3 is 2.86 bits per heavy atom. The third kappa shape index (κ3) is 3.75. The fourth-order valence-corrected chi connectivity index (χ4v) is 3.86. The summed E-state index contributed by atoms with van der Waals surface area (Å²) in [5.41, 5.74) is -1.00. The number of nitrogens with one attached hydrogen (secondary N) is 1. The Hall–Kier alpha value is -3.17. The van der Waals surface area contributed by atoms with Gasteiger partial charge in [-0.2, -0.15) is 0 Å². The molecule has 28 heavy (non-hydrogen) atoms. The van der Waals surface area contributed by atoms with Gasteiger partial charge in [0.25, 0.3) is 11.6 Å². The van der Waals surface area contributed by atoms with Crippen LogP contribution >= 0.6 is 0 Å². The molecule has 3 rings (SSSR count). The number of ether oxygens (including phenoxy) is 1. The highest BCUT2D eigenvalue weighted by Crippen LogP contribution is 2.36. The van der Waals surface area contributed by atoms with Crippen molar-refractivity contribution >= 4 is 29.2 Å². The van der Waals surface area contributed by atoms with Crippen LogP contribution in [0, 0.1) is 16.0 Å². The van der Waals surface area contributed by atoms with Gasteiger partial charge in [-0.15, -0.1) is 0 Å². The number of hydrogen-bond donors (Lipinski definition) is 2. The molecule has 0 bridgehead atoms. The second-order valence-corrected chi connectivity index (χ2v) is 7.28. The van der Waals surface area contributed by atoms with Crippen LogP contribution < -0.4 is 15.0 Å². The summed E-state index contributed by atoms with van der Waals surface area (Å²) in [6.45, 7) is 1.04. The Balaban J connectivity index is 1.80. The van der Waals surface area contributed by atoms with Crippen molar-refractivity contribution in [2.75, 3.05) is 18.1 Å². The van der Waals surface area contributed by atoms with Gasteiger partial charge in [-0.1, -0.05) is 12.8 Å². The number of amides is 2. The lowest BCUT2D eigenvalue weighted by Crippen LogP contribution is -2.58. The number of nitro benzene ring substituents is 1. The fourth-order valence-electron chi connectivity index (χ4n) is 3.86. The average molecular weight is 391 g/mol. The Morgan fingerprint density at radius 1 is 1.43 bits per heavy atom. The maximum absolute atomic E-state index is 12.7. The molecule has 1 heterocycles. The molecule has 0 radical (unpaired) electrons. The monoisotopic (exact) mass is 391 g/mol. The largest absolute Gasteiger partial charge is 0.482 e. The first kappa shape index (κ1) is 19.6. The van der Waals surface area contributed by atoms with Crippen LogP contribution in [-0.2, 0) is 14.4 Å². The van der Waals surface area contributed by atoms with E-state index in [0.29, 0.717) is 12.8 Å². The molecule has 2 unspecified atom stereocenters. The molecule has 10 nitrogen and oxygen atoms in total. The van der Waals surface area contributed by atoms with Crippen molar-refractivity contribution in [1.82, 2.24) is 5.32 Å². The van der Waals surface area contributed by atoms with Gasteiger partial charge in [0.05, 0.1) is 22.1 Å². The lowest BCUT2D eigenvalue weighted by atomic mass is 9.74. The van der Waals surface area contributed by atoms with Crippen molar-refractivity contribution in [2.24, 2.45) is 5.92 Å². The highest BCUT2D eigenvalue weighted by molar-refractivity contribution is 6.02. The van der Waals surface area contributed by atoms with Crippen molar-refractivity contribution in [3.8, 4) is 5.75 Å². The lowest BCUT2D eigenvalue weighted by molar-refractivity contribution is -0.384. The van der Waals surface area contributed by atoms with E-state index in [2.05, 4.69) is 5.32 Å². The highest BCUT2D eigenvalue weighted by atomic mass is 16.6. The second kappa shape index (κ2) is 7.45. The molecule has 1 fully saturated rings. The molecule has 10 heteroatoms. The van der Waals surface area contributed by atoms with Crippen molar-refractivity contribution in [2.45, 2.75) is 38.1 Å². The predicted octanol–water partition coefficient (Wildman–Crippen LogP) is 1.47. The van der Waals surface area contributed by atoms with Crippen LogP contribution in [0.3, 0.4) is 0 Å². The highest BCUT2D eigenvalue weighted by Gasteiger charge is 2.42. The van der Waals surface area contributed by atoms with Gasteiger partial charge in [0.2, 0.25) is 5.91 Å². The first-order valence-corrected chi connectivity index (χ1v) is 8.97. The van der Waals surface area contributed by atoms with Crippen LogP contribution in [0.4, 0.5) is 11.4 Å². The minimum Gasteiger partial charge on any atom is -0.482 e.